The van der Waals surface area contributed by atoms with Gasteiger partial charge in [-0.2, -0.15) is 0 Å². The molecule has 0 aliphatic carbocycles. The number of rotatable bonds is 5. The van der Waals surface area contributed by atoms with Gasteiger partial charge in [-0.3, -0.25) is 0 Å². The van der Waals surface area contributed by atoms with E-state index in [4.69, 9.17) is 4.74 Å². The van der Waals surface area contributed by atoms with Gasteiger partial charge in [-0.25, -0.2) is 4.98 Å². The number of aromatic nitrogens is 2. The van der Waals surface area contributed by atoms with Crippen LogP contribution in [-0.2, 0) is 11.3 Å². The number of aliphatic hydroxyl groups is 1. The van der Waals surface area contributed by atoms with E-state index in [2.05, 4.69) is 4.98 Å². The predicted molar refractivity (Wildman–Crippen MR) is 66.8 cm³/mol. The van der Waals surface area contributed by atoms with Crippen molar-refractivity contribution >= 4 is 11.0 Å². The second kappa shape index (κ2) is 5.29. The Balaban J connectivity index is 2.03. The van der Waals surface area contributed by atoms with E-state index in [0.29, 0.717) is 13.2 Å². The summed E-state index contributed by atoms with van der Waals surface area (Å²) >= 11 is 0. The maximum atomic E-state index is 9.86. The Hall–Kier alpha value is -1.39. The first-order chi connectivity index (χ1) is 8.16. The van der Waals surface area contributed by atoms with Crippen LogP contribution >= 0.6 is 0 Å². The molecule has 1 heterocycles. The Morgan fingerprint density at radius 3 is 2.88 bits per heavy atom. The molecule has 0 amide bonds. The van der Waals surface area contributed by atoms with Crippen LogP contribution in [0.25, 0.3) is 11.0 Å². The minimum atomic E-state index is -0.505. The van der Waals surface area contributed by atoms with E-state index in [9.17, 15) is 5.11 Å². The molecule has 1 N–H and O–H groups in total. The molecular weight excluding hydrogens is 216 g/mol. The van der Waals surface area contributed by atoms with E-state index in [-0.39, 0.29) is 6.10 Å². The number of benzene rings is 1. The van der Waals surface area contributed by atoms with Crippen molar-refractivity contribution in [2.45, 2.75) is 32.6 Å². The second-order valence-corrected chi connectivity index (χ2v) is 4.42. The van der Waals surface area contributed by atoms with E-state index in [1.54, 1.807) is 6.33 Å². The van der Waals surface area contributed by atoms with Crippen LogP contribution < -0.4 is 0 Å². The van der Waals surface area contributed by atoms with Gasteiger partial charge in [0.2, 0.25) is 0 Å². The van der Waals surface area contributed by atoms with Crippen molar-refractivity contribution < 1.29 is 9.84 Å². The van der Waals surface area contributed by atoms with Crippen LogP contribution in [0.2, 0.25) is 0 Å². The highest BCUT2D eigenvalue weighted by Crippen LogP contribution is 2.12. The van der Waals surface area contributed by atoms with Crippen LogP contribution in [0.4, 0.5) is 0 Å². The Labute approximate surface area is 101 Å². The van der Waals surface area contributed by atoms with Crippen molar-refractivity contribution in [3.8, 4) is 0 Å². The standard InChI is InChI=1S/C13H18N2O2/c1-10(2)17-8-11(16)7-15-9-14-12-5-3-4-6-13(12)15/h3-6,9-11,16H,7-8H2,1-2H3/t11-/m1/s1. The minimum Gasteiger partial charge on any atom is -0.389 e. The van der Waals surface area contributed by atoms with Gasteiger partial charge in [0.15, 0.2) is 0 Å². The lowest BCUT2D eigenvalue weighted by molar-refractivity contribution is -0.000291. The SMILES string of the molecule is CC(C)OC[C@H](O)Cn1cnc2ccccc21. The molecule has 92 valence electrons. The lowest BCUT2D eigenvalue weighted by Gasteiger charge is -2.14. The second-order valence-electron chi connectivity index (χ2n) is 4.42. The molecule has 0 aliphatic heterocycles. The molecular formula is C13H18N2O2. The zero-order valence-electron chi connectivity index (χ0n) is 10.2. The highest BCUT2D eigenvalue weighted by atomic mass is 16.5. The maximum absolute atomic E-state index is 9.86. The molecule has 0 fully saturated rings. The average Bonchev–Trinajstić information content (AvgIpc) is 2.70. The van der Waals surface area contributed by atoms with Gasteiger partial charge >= 0.3 is 0 Å². The fraction of sp³-hybridized carbons (Fsp3) is 0.462. The van der Waals surface area contributed by atoms with Crippen molar-refractivity contribution in [3.63, 3.8) is 0 Å². The molecule has 1 atom stereocenters. The molecule has 1 aromatic carbocycles. The number of fused-ring (bicyclic) bond motifs is 1. The van der Waals surface area contributed by atoms with Crippen molar-refractivity contribution in [2.75, 3.05) is 6.61 Å². The molecule has 2 aromatic rings. The largest absolute Gasteiger partial charge is 0.389 e. The van der Waals surface area contributed by atoms with E-state index in [0.717, 1.165) is 11.0 Å². The summed E-state index contributed by atoms with van der Waals surface area (Å²) in [5, 5.41) is 9.86. The number of hydrogen-bond donors (Lipinski definition) is 1. The molecule has 17 heavy (non-hydrogen) atoms. The lowest BCUT2D eigenvalue weighted by Crippen LogP contribution is -2.23. The summed E-state index contributed by atoms with van der Waals surface area (Å²) in [6.07, 6.45) is 1.39. The van der Waals surface area contributed by atoms with Crippen molar-refractivity contribution in [2.24, 2.45) is 0 Å². The summed E-state index contributed by atoms with van der Waals surface area (Å²) in [5.41, 5.74) is 1.99. The third-order valence-electron chi connectivity index (χ3n) is 2.56. The van der Waals surface area contributed by atoms with Gasteiger partial charge in [0, 0.05) is 0 Å². The van der Waals surface area contributed by atoms with Gasteiger partial charge in [0.25, 0.3) is 0 Å². The van der Waals surface area contributed by atoms with Gasteiger partial charge in [-0.15, -0.1) is 0 Å². The van der Waals surface area contributed by atoms with Crippen LogP contribution in [0.3, 0.4) is 0 Å². The van der Waals surface area contributed by atoms with Gasteiger partial charge in [0.05, 0.1) is 42.7 Å². The van der Waals surface area contributed by atoms with Crippen molar-refractivity contribution in [1.29, 1.82) is 0 Å². The Bertz CT molecular complexity index is 479. The van der Waals surface area contributed by atoms with E-state index < -0.39 is 6.10 Å². The maximum Gasteiger partial charge on any atom is 0.0959 e. The topological polar surface area (TPSA) is 47.3 Å². The fourth-order valence-electron chi connectivity index (χ4n) is 1.74. The van der Waals surface area contributed by atoms with Gasteiger partial charge in [0.1, 0.15) is 0 Å². The minimum absolute atomic E-state index is 0.143. The Kier molecular flexibility index (Phi) is 3.76. The quantitative estimate of drug-likeness (QED) is 0.858. The average molecular weight is 234 g/mol. The molecule has 1 aromatic heterocycles. The molecule has 0 spiro atoms. The van der Waals surface area contributed by atoms with Gasteiger partial charge in [-0.05, 0) is 26.0 Å². The first-order valence-corrected chi connectivity index (χ1v) is 5.86. The molecule has 0 saturated carbocycles. The molecule has 0 aliphatic rings. The summed E-state index contributed by atoms with van der Waals surface area (Å²) in [6.45, 7) is 4.77. The number of imidazole rings is 1. The third kappa shape index (κ3) is 3.05. The summed E-state index contributed by atoms with van der Waals surface area (Å²) in [5.74, 6) is 0. The third-order valence-corrected chi connectivity index (χ3v) is 2.56. The number of hydrogen-bond acceptors (Lipinski definition) is 3. The molecule has 0 unspecified atom stereocenters. The van der Waals surface area contributed by atoms with E-state index >= 15 is 0 Å². The molecule has 4 heteroatoms. The molecule has 0 saturated heterocycles. The first kappa shape index (κ1) is 12.1. The van der Waals surface area contributed by atoms with Crippen LogP contribution in [0.1, 0.15) is 13.8 Å². The predicted octanol–water partition coefficient (Wildman–Crippen LogP) is 1.82. The number of para-hydroxylation sites is 2. The highest BCUT2D eigenvalue weighted by Gasteiger charge is 2.09. The molecule has 0 radical (unpaired) electrons. The van der Waals surface area contributed by atoms with Crippen LogP contribution in [-0.4, -0.2) is 33.5 Å². The van der Waals surface area contributed by atoms with Gasteiger partial charge < -0.3 is 14.4 Å². The summed E-state index contributed by atoms with van der Waals surface area (Å²) in [4.78, 5) is 4.28. The number of nitrogens with zero attached hydrogens (tertiary/aromatic N) is 2. The number of ether oxygens (including phenoxy) is 1. The monoisotopic (exact) mass is 234 g/mol. The van der Waals surface area contributed by atoms with Crippen LogP contribution in [0.5, 0.6) is 0 Å². The van der Waals surface area contributed by atoms with Crippen LogP contribution in [0.15, 0.2) is 30.6 Å². The van der Waals surface area contributed by atoms with E-state index in [1.807, 2.05) is 42.7 Å². The summed E-state index contributed by atoms with van der Waals surface area (Å²) in [7, 11) is 0. The zero-order chi connectivity index (χ0) is 12.3. The number of aliphatic hydroxyl groups excluding tert-OH is 1. The van der Waals surface area contributed by atoms with Crippen molar-refractivity contribution in [3.05, 3.63) is 30.6 Å². The highest BCUT2D eigenvalue weighted by molar-refractivity contribution is 5.74. The molecule has 4 nitrogen and oxygen atoms in total. The Morgan fingerprint density at radius 2 is 2.12 bits per heavy atom. The summed E-state index contributed by atoms with van der Waals surface area (Å²) in [6, 6.07) is 7.89. The summed E-state index contributed by atoms with van der Waals surface area (Å²) < 4.78 is 7.33. The van der Waals surface area contributed by atoms with Gasteiger partial charge in [-0.1, -0.05) is 12.1 Å². The van der Waals surface area contributed by atoms with Crippen LogP contribution in [0, 0.1) is 0 Å². The smallest absolute Gasteiger partial charge is 0.0959 e. The normalized spacial score (nSPS) is 13.4. The fourth-order valence-corrected chi connectivity index (χ4v) is 1.74. The zero-order valence-corrected chi connectivity index (χ0v) is 10.2. The first-order valence-electron chi connectivity index (χ1n) is 5.86. The lowest BCUT2D eigenvalue weighted by atomic mass is 10.3. The van der Waals surface area contributed by atoms with Crippen molar-refractivity contribution in [1.82, 2.24) is 9.55 Å². The Morgan fingerprint density at radius 1 is 1.35 bits per heavy atom. The molecule has 2 rings (SSSR count). The van der Waals surface area contributed by atoms with E-state index in [1.165, 1.54) is 0 Å². The molecule has 0 bridgehead atoms.